The summed E-state index contributed by atoms with van der Waals surface area (Å²) in [6, 6.07) is 7.92. The van der Waals surface area contributed by atoms with Crippen LogP contribution in [0.5, 0.6) is 0 Å². The molecule has 0 bridgehead atoms. The van der Waals surface area contributed by atoms with Crippen LogP contribution in [-0.2, 0) is 9.59 Å². The number of hydrogen-bond donors (Lipinski definition) is 0. The summed E-state index contributed by atoms with van der Waals surface area (Å²) in [6.07, 6.45) is 2.66. The normalized spacial score (nSPS) is 10.3. The van der Waals surface area contributed by atoms with Crippen LogP contribution in [0.3, 0.4) is 0 Å². The molecule has 0 aliphatic rings. The number of aryl methyl sites for hydroxylation is 1. The van der Waals surface area contributed by atoms with E-state index in [9.17, 15) is 9.59 Å². The SMILES string of the molecule is CCN(C(=O)CCCCC(C)=O)c1ccccc1C. The maximum absolute atomic E-state index is 12.2. The van der Waals surface area contributed by atoms with Crippen molar-refractivity contribution in [3.05, 3.63) is 29.8 Å². The number of unbranched alkanes of at least 4 members (excludes halogenated alkanes) is 1. The molecule has 0 N–H and O–H groups in total. The average Bonchev–Trinajstić information content (AvgIpc) is 2.37. The highest BCUT2D eigenvalue weighted by Gasteiger charge is 2.14. The van der Waals surface area contributed by atoms with Gasteiger partial charge in [0.15, 0.2) is 0 Å². The van der Waals surface area contributed by atoms with E-state index in [0.29, 0.717) is 19.4 Å². The van der Waals surface area contributed by atoms with Crippen LogP contribution >= 0.6 is 0 Å². The fourth-order valence-electron chi connectivity index (χ4n) is 2.13. The van der Waals surface area contributed by atoms with Crippen LogP contribution in [0.25, 0.3) is 0 Å². The molecule has 0 spiro atoms. The number of amides is 1. The number of carbonyl (C=O) groups is 2. The fraction of sp³-hybridized carbons (Fsp3) is 0.500. The van der Waals surface area contributed by atoms with Crippen molar-refractivity contribution < 1.29 is 9.59 Å². The number of ketones is 1. The lowest BCUT2D eigenvalue weighted by Crippen LogP contribution is -2.30. The van der Waals surface area contributed by atoms with Crippen molar-refractivity contribution in [3.63, 3.8) is 0 Å². The van der Waals surface area contributed by atoms with Crippen LogP contribution in [-0.4, -0.2) is 18.2 Å². The van der Waals surface area contributed by atoms with Gasteiger partial charge in [-0.05, 0) is 45.2 Å². The molecule has 104 valence electrons. The molecule has 0 fully saturated rings. The van der Waals surface area contributed by atoms with Crippen LogP contribution in [0, 0.1) is 6.92 Å². The third kappa shape index (κ3) is 4.86. The van der Waals surface area contributed by atoms with Gasteiger partial charge in [0, 0.05) is 25.1 Å². The van der Waals surface area contributed by atoms with Gasteiger partial charge in [0.2, 0.25) is 5.91 Å². The van der Waals surface area contributed by atoms with Gasteiger partial charge in [-0.3, -0.25) is 4.79 Å². The highest BCUT2D eigenvalue weighted by molar-refractivity contribution is 5.94. The molecule has 0 atom stereocenters. The Morgan fingerprint density at radius 3 is 2.32 bits per heavy atom. The van der Waals surface area contributed by atoms with Crippen molar-refractivity contribution in [3.8, 4) is 0 Å². The molecule has 3 heteroatoms. The summed E-state index contributed by atoms with van der Waals surface area (Å²) in [5.74, 6) is 0.332. The van der Waals surface area contributed by atoms with E-state index in [-0.39, 0.29) is 11.7 Å². The number of nitrogens with zero attached hydrogens (tertiary/aromatic N) is 1. The van der Waals surface area contributed by atoms with Crippen LogP contribution in [0.1, 0.15) is 45.1 Å². The van der Waals surface area contributed by atoms with Gasteiger partial charge in [0.1, 0.15) is 5.78 Å². The Morgan fingerprint density at radius 2 is 1.74 bits per heavy atom. The number of Topliss-reactive ketones (excluding diaryl/α,β-unsaturated/α-hetero) is 1. The summed E-state index contributed by atoms with van der Waals surface area (Å²) in [6.45, 7) is 6.27. The minimum Gasteiger partial charge on any atom is -0.312 e. The summed E-state index contributed by atoms with van der Waals surface area (Å²) in [5.41, 5.74) is 2.10. The molecule has 0 saturated heterocycles. The third-order valence-corrected chi connectivity index (χ3v) is 3.19. The first-order chi connectivity index (χ1) is 9.06. The maximum Gasteiger partial charge on any atom is 0.226 e. The molecule has 0 aromatic heterocycles. The lowest BCUT2D eigenvalue weighted by molar-refractivity contribution is -0.119. The number of benzene rings is 1. The second-order valence-corrected chi connectivity index (χ2v) is 4.83. The largest absolute Gasteiger partial charge is 0.312 e. The zero-order valence-electron chi connectivity index (χ0n) is 12.1. The molecule has 0 unspecified atom stereocenters. The van der Waals surface area contributed by atoms with E-state index >= 15 is 0 Å². The first-order valence-electron chi connectivity index (χ1n) is 6.91. The van der Waals surface area contributed by atoms with Crippen molar-refractivity contribution >= 4 is 17.4 Å². The van der Waals surface area contributed by atoms with Gasteiger partial charge >= 0.3 is 0 Å². The van der Waals surface area contributed by atoms with E-state index in [1.165, 1.54) is 0 Å². The molecule has 1 aromatic rings. The number of rotatable bonds is 7. The second-order valence-electron chi connectivity index (χ2n) is 4.83. The molecule has 3 nitrogen and oxygen atoms in total. The molecule has 1 aromatic carbocycles. The van der Waals surface area contributed by atoms with Gasteiger partial charge in [-0.1, -0.05) is 18.2 Å². The standard InChI is InChI=1S/C16H23NO2/c1-4-17(15-11-7-5-9-13(15)2)16(19)12-8-6-10-14(3)18/h5,7,9,11H,4,6,8,10,12H2,1-3H3. The predicted molar refractivity (Wildman–Crippen MR) is 78.4 cm³/mol. The molecule has 0 aliphatic heterocycles. The molecule has 19 heavy (non-hydrogen) atoms. The Labute approximate surface area is 115 Å². The lowest BCUT2D eigenvalue weighted by atomic mass is 10.1. The van der Waals surface area contributed by atoms with E-state index in [4.69, 9.17) is 0 Å². The molecular formula is C16H23NO2. The van der Waals surface area contributed by atoms with Crippen molar-refractivity contribution in [2.24, 2.45) is 0 Å². The molecule has 0 heterocycles. The van der Waals surface area contributed by atoms with Gasteiger partial charge in [-0.2, -0.15) is 0 Å². The first kappa shape index (κ1) is 15.4. The highest BCUT2D eigenvalue weighted by atomic mass is 16.2. The minimum absolute atomic E-state index is 0.139. The molecule has 0 radical (unpaired) electrons. The van der Waals surface area contributed by atoms with Crippen molar-refractivity contribution in [2.45, 2.75) is 46.5 Å². The van der Waals surface area contributed by atoms with E-state index in [1.54, 1.807) is 6.92 Å². The number of hydrogen-bond acceptors (Lipinski definition) is 2. The summed E-state index contributed by atoms with van der Waals surface area (Å²) < 4.78 is 0. The minimum atomic E-state index is 0.139. The zero-order chi connectivity index (χ0) is 14.3. The van der Waals surface area contributed by atoms with E-state index in [2.05, 4.69) is 0 Å². The highest BCUT2D eigenvalue weighted by Crippen LogP contribution is 2.20. The maximum atomic E-state index is 12.2. The summed E-state index contributed by atoms with van der Waals surface area (Å²) >= 11 is 0. The van der Waals surface area contributed by atoms with E-state index < -0.39 is 0 Å². The quantitative estimate of drug-likeness (QED) is 0.704. The van der Waals surface area contributed by atoms with Gasteiger partial charge in [0.25, 0.3) is 0 Å². The van der Waals surface area contributed by atoms with Crippen LogP contribution in [0.4, 0.5) is 5.69 Å². The monoisotopic (exact) mass is 261 g/mol. The number of anilines is 1. The molecule has 1 rings (SSSR count). The fourth-order valence-corrected chi connectivity index (χ4v) is 2.13. The van der Waals surface area contributed by atoms with Crippen LogP contribution in [0.15, 0.2) is 24.3 Å². The van der Waals surface area contributed by atoms with Gasteiger partial charge in [-0.15, -0.1) is 0 Å². The summed E-state index contributed by atoms with van der Waals surface area (Å²) in [5, 5.41) is 0. The van der Waals surface area contributed by atoms with Crippen molar-refractivity contribution in [1.29, 1.82) is 0 Å². The summed E-state index contributed by atoms with van der Waals surface area (Å²) in [7, 11) is 0. The van der Waals surface area contributed by atoms with Gasteiger partial charge < -0.3 is 9.69 Å². The van der Waals surface area contributed by atoms with E-state index in [0.717, 1.165) is 24.1 Å². The van der Waals surface area contributed by atoms with Crippen molar-refractivity contribution in [1.82, 2.24) is 0 Å². The van der Waals surface area contributed by atoms with Crippen LogP contribution in [0.2, 0.25) is 0 Å². The van der Waals surface area contributed by atoms with Gasteiger partial charge in [-0.25, -0.2) is 0 Å². The smallest absolute Gasteiger partial charge is 0.226 e. The number of para-hydroxylation sites is 1. The Bertz CT molecular complexity index is 440. The average molecular weight is 261 g/mol. The Balaban J connectivity index is 2.58. The van der Waals surface area contributed by atoms with E-state index in [1.807, 2.05) is 43.0 Å². The van der Waals surface area contributed by atoms with Crippen molar-refractivity contribution in [2.75, 3.05) is 11.4 Å². The second kappa shape index (κ2) is 7.72. The number of carbonyl (C=O) groups excluding carboxylic acids is 2. The first-order valence-corrected chi connectivity index (χ1v) is 6.91. The molecular weight excluding hydrogens is 238 g/mol. The molecule has 1 amide bonds. The zero-order valence-corrected chi connectivity index (χ0v) is 12.1. The molecule has 0 saturated carbocycles. The van der Waals surface area contributed by atoms with Crippen LogP contribution < -0.4 is 4.90 Å². The Morgan fingerprint density at radius 1 is 1.11 bits per heavy atom. The third-order valence-electron chi connectivity index (χ3n) is 3.19. The summed E-state index contributed by atoms with van der Waals surface area (Å²) in [4.78, 5) is 24.9. The topological polar surface area (TPSA) is 37.4 Å². The lowest BCUT2D eigenvalue weighted by Gasteiger charge is -2.23. The Kier molecular flexibility index (Phi) is 6.26. The Hall–Kier alpha value is -1.64. The predicted octanol–water partition coefficient (Wildman–Crippen LogP) is 3.50. The van der Waals surface area contributed by atoms with Gasteiger partial charge in [0.05, 0.1) is 0 Å². The molecule has 0 aliphatic carbocycles.